The SMILES string of the molecule is FC(F)c1snc2ccc(Br)cc12. The Morgan fingerprint density at radius 2 is 2.15 bits per heavy atom. The first kappa shape index (κ1) is 9.02. The van der Waals surface area contributed by atoms with E-state index in [4.69, 9.17) is 0 Å². The van der Waals surface area contributed by atoms with Gasteiger partial charge < -0.3 is 0 Å². The smallest absolute Gasteiger partial charge is 0.204 e. The lowest BCUT2D eigenvalue weighted by molar-refractivity contribution is 0.157. The Kier molecular flexibility index (Phi) is 2.29. The Morgan fingerprint density at radius 1 is 1.38 bits per heavy atom. The largest absolute Gasteiger partial charge is 0.274 e. The second-order valence-corrected chi connectivity index (χ2v) is 4.23. The second kappa shape index (κ2) is 3.31. The van der Waals surface area contributed by atoms with E-state index >= 15 is 0 Å². The van der Waals surface area contributed by atoms with Gasteiger partial charge in [0.05, 0.1) is 10.4 Å². The number of fused-ring (bicyclic) bond motifs is 1. The summed E-state index contributed by atoms with van der Waals surface area (Å²) >= 11 is 4.09. The van der Waals surface area contributed by atoms with E-state index in [2.05, 4.69) is 20.3 Å². The van der Waals surface area contributed by atoms with Crippen molar-refractivity contribution in [2.24, 2.45) is 0 Å². The summed E-state index contributed by atoms with van der Waals surface area (Å²) in [4.78, 5) is 0.0382. The van der Waals surface area contributed by atoms with Crippen LogP contribution in [0.1, 0.15) is 11.3 Å². The highest BCUT2D eigenvalue weighted by atomic mass is 79.9. The molecule has 0 aliphatic carbocycles. The minimum Gasteiger partial charge on any atom is -0.204 e. The fraction of sp³-hybridized carbons (Fsp3) is 0.125. The zero-order chi connectivity index (χ0) is 9.42. The molecule has 2 rings (SSSR count). The number of nitrogens with zero attached hydrogens (tertiary/aromatic N) is 1. The van der Waals surface area contributed by atoms with Crippen molar-refractivity contribution in [2.45, 2.75) is 6.43 Å². The van der Waals surface area contributed by atoms with Gasteiger partial charge in [-0.1, -0.05) is 15.9 Å². The molecule has 1 heterocycles. The maximum absolute atomic E-state index is 12.4. The van der Waals surface area contributed by atoms with Crippen molar-refractivity contribution in [3.63, 3.8) is 0 Å². The predicted octanol–water partition coefficient (Wildman–Crippen LogP) is 4.00. The lowest BCUT2D eigenvalue weighted by Crippen LogP contribution is -1.77. The number of alkyl halides is 2. The van der Waals surface area contributed by atoms with Crippen molar-refractivity contribution in [3.8, 4) is 0 Å². The van der Waals surface area contributed by atoms with Gasteiger partial charge in [-0.15, -0.1) is 0 Å². The van der Waals surface area contributed by atoms with Crippen LogP contribution in [0.3, 0.4) is 0 Å². The Labute approximate surface area is 85.7 Å². The normalized spacial score (nSPS) is 11.4. The highest BCUT2D eigenvalue weighted by Gasteiger charge is 2.15. The Morgan fingerprint density at radius 3 is 2.85 bits per heavy atom. The van der Waals surface area contributed by atoms with Crippen LogP contribution in [0.2, 0.25) is 0 Å². The van der Waals surface area contributed by atoms with E-state index in [0.717, 1.165) is 16.0 Å². The van der Waals surface area contributed by atoms with Gasteiger partial charge in [-0.2, -0.15) is 4.37 Å². The van der Waals surface area contributed by atoms with Gasteiger partial charge in [0.2, 0.25) is 0 Å². The number of benzene rings is 1. The van der Waals surface area contributed by atoms with Crippen molar-refractivity contribution < 1.29 is 8.78 Å². The summed E-state index contributed by atoms with van der Waals surface area (Å²) in [5.74, 6) is 0. The molecule has 1 aromatic heterocycles. The van der Waals surface area contributed by atoms with E-state index in [-0.39, 0.29) is 4.88 Å². The molecule has 0 saturated heterocycles. The van der Waals surface area contributed by atoms with Gasteiger partial charge in [0.25, 0.3) is 6.43 Å². The highest BCUT2D eigenvalue weighted by Crippen LogP contribution is 2.32. The maximum Gasteiger partial charge on any atom is 0.274 e. The summed E-state index contributed by atoms with van der Waals surface area (Å²) in [7, 11) is 0. The van der Waals surface area contributed by atoms with E-state index in [1.807, 2.05) is 0 Å². The zero-order valence-corrected chi connectivity index (χ0v) is 8.70. The van der Waals surface area contributed by atoms with E-state index < -0.39 is 6.43 Å². The minimum atomic E-state index is -2.44. The molecule has 0 aliphatic rings. The Balaban J connectivity index is 2.71. The van der Waals surface area contributed by atoms with Crippen LogP contribution in [-0.2, 0) is 0 Å². The third-order valence-corrected chi connectivity index (χ3v) is 3.04. The monoisotopic (exact) mass is 263 g/mol. The van der Waals surface area contributed by atoms with E-state index in [9.17, 15) is 8.78 Å². The zero-order valence-electron chi connectivity index (χ0n) is 6.30. The van der Waals surface area contributed by atoms with Gasteiger partial charge in [0, 0.05) is 9.86 Å². The summed E-state index contributed by atoms with van der Waals surface area (Å²) in [6.45, 7) is 0. The van der Waals surface area contributed by atoms with Crippen molar-refractivity contribution in [3.05, 3.63) is 27.5 Å². The topological polar surface area (TPSA) is 12.9 Å². The van der Waals surface area contributed by atoms with E-state index in [0.29, 0.717) is 10.9 Å². The molecule has 0 N–H and O–H groups in total. The van der Waals surface area contributed by atoms with Gasteiger partial charge in [0.1, 0.15) is 0 Å². The summed E-state index contributed by atoms with van der Waals surface area (Å²) in [6, 6.07) is 5.18. The molecule has 0 aliphatic heterocycles. The molecule has 1 nitrogen and oxygen atoms in total. The first-order valence-corrected chi connectivity index (χ1v) is 5.08. The fourth-order valence-corrected chi connectivity index (χ4v) is 2.15. The molecule has 13 heavy (non-hydrogen) atoms. The molecule has 0 fully saturated rings. The highest BCUT2D eigenvalue weighted by molar-refractivity contribution is 9.10. The summed E-state index contributed by atoms with van der Waals surface area (Å²) in [5.41, 5.74) is 0.628. The predicted molar refractivity (Wildman–Crippen MR) is 52.3 cm³/mol. The van der Waals surface area contributed by atoms with E-state index in [1.54, 1.807) is 18.2 Å². The Bertz CT molecular complexity index is 441. The van der Waals surface area contributed by atoms with Crippen LogP contribution in [0.25, 0.3) is 10.9 Å². The van der Waals surface area contributed by atoms with Crippen LogP contribution in [0.15, 0.2) is 22.7 Å². The average molecular weight is 264 g/mol. The molecule has 0 bridgehead atoms. The number of halogens is 3. The molecular weight excluding hydrogens is 260 g/mol. The lowest BCUT2D eigenvalue weighted by atomic mass is 10.2. The molecule has 0 unspecified atom stereocenters. The third-order valence-electron chi connectivity index (χ3n) is 1.66. The van der Waals surface area contributed by atoms with Gasteiger partial charge >= 0.3 is 0 Å². The molecule has 0 saturated carbocycles. The van der Waals surface area contributed by atoms with Crippen LogP contribution in [0.5, 0.6) is 0 Å². The molecular formula is C8H4BrF2NS. The molecule has 0 radical (unpaired) electrons. The maximum atomic E-state index is 12.4. The van der Waals surface area contributed by atoms with Crippen molar-refractivity contribution in [1.82, 2.24) is 4.37 Å². The van der Waals surface area contributed by atoms with Crippen LogP contribution >= 0.6 is 27.5 Å². The number of aromatic nitrogens is 1. The van der Waals surface area contributed by atoms with Gasteiger partial charge in [-0.25, -0.2) is 8.78 Å². The fourth-order valence-electron chi connectivity index (χ4n) is 1.09. The molecule has 0 amide bonds. The van der Waals surface area contributed by atoms with Crippen molar-refractivity contribution in [1.29, 1.82) is 0 Å². The molecule has 68 valence electrons. The molecule has 5 heteroatoms. The standard InChI is InChI=1S/C8H4BrF2NS/c9-4-1-2-6-5(3-4)7(8(10)11)13-12-6/h1-3,8H. The second-order valence-electron chi connectivity index (χ2n) is 2.51. The third kappa shape index (κ3) is 1.58. The van der Waals surface area contributed by atoms with Gasteiger partial charge in [-0.05, 0) is 29.7 Å². The first-order valence-electron chi connectivity index (χ1n) is 3.51. The number of hydrogen-bond acceptors (Lipinski definition) is 2. The molecule has 0 atom stereocenters. The van der Waals surface area contributed by atoms with Gasteiger partial charge in [0.15, 0.2) is 0 Å². The quantitative estimate of drug-likeness (QED) is 0.758. The summed E-state index contributed by atoms with van der Waals surface area (Å²) in [6.07, 6.45) is -2.44. The number of hydrogen-bond donors (Lipinski definition) is 0. The van der Waals surface area contributed by atoms with Crippen molar-refractivity contribution in [2.75, 3.05) is 0 Å². The molecule has 2 aromatic rings. The summed E-state index contributed by atoms with van der Waals surface area (Å²) < 4.78 is 29.5. The first-order chi connectivity index (χ1) is 6.18. The van der Waals surface area contributed by atoms with Crippen molar-refractivity contribution >= 4 is 38.4 Å². The number of rotatable bonds is 1. The van der Waals surface area contributed by atoms with E-state index in [1.165, 1.54) is 0 Å². The van der Waals surface area contributed by atoms with Crippen LogP contribution in [-0.4, -0.2) is 4.37 Å². The Hall–Kier alpha value is -0.550. The van der Waals surface area contributed by atoms with Crippen LogP contribution in [0.4, 0.5) is 8.78 Å². The average Bonchev–Trinajstić information content (AvgIpc) is 2.46. The van der Waals surface area contributed by atoms with Crippen LogP contribution in [0, 0.1) is 0 Å². The van der Waals surface area contributed by atoms with Gasteiger partial charge in [-0.3, -0.25) is 0 Å². The molecule has 1 aromatic carbocycles. The molecule has 0 spiro atoms. The van der Waals surface area contributed by atoms with Crippen LogP contribution < -0.4 is 0 Å². The lowest BCUT2D eigenvalue weighted by Gasteiger charge is -1.94. The minimum absolute atomic E-state index is 0.0382. The summed E-state index contributed by atoms with van der Waals surface area (Å²) in [5, 5.41) is 0.536.